The molecule has 0 amide bonds. The summed E-state index contributed by atoms with van der Waals surface area (Å²) in [7, 11) is 0. The highest BCUT2D eigenvalue weighted by atomic mass is 19.4. The zero-order valence-corrected chi connectivity index (χ0v) is 46.1. The van der Waals surface area contributed by atoms with Gasteiger partial charge in [-0.25, -0.2) is 0 Å². The smallest absolute Gasteiger partial charge is 0.311 e. The van der Waals surface area contributed by atoms with Gasteiger partial charge in [0.1, 0.15) is 0 Å². The van der Waals surface area contributed by atoms with Crippen molar-refractivity contribution in [2.45, 2.75) is 18.5 Å². The van der Waals surface area contributed by atoms with Crippen molar-refractivity contribution in [3.8, 4) is 55.6 Å². The van der Waals surface area contributed by atoms with Crippen molar-refractivity contribution in [2.75, 3.05) is 14.7 Å². The second-order valence-electron chi connectivity index (χ2n) is 20.7. The quantitative estimate of drug-likeness (QED) is 0.101. The summed E-state index contributed by atoms with van der Waals surface area (Å²) in [4.78, 5) is 5.71. The molecule has 0 saturated heterocycles. The molecule has 0 aliphatic heterocycles. The number of rotatable bonds is 14. The Labute approximate surface area is 497 Å². The number of halogens is 9. The van der Waals surface area contributed by atoms with Crippen molar-refractivity contribution >= 4 is 51.2 Å². The first kappa shape index (κ1) is 56.9. The van der Waals surface area contributed by atoms with Gasteiger partial charge >= 0.3 is 18.5 Å². The maximum absolute atomic E-state index is 14.0. The Kier molecular flexibility index (Phi) is 15.6. The van der Waals surface area contributed by atoms with E-state index in [1.165, 1.54) is 36.4 Å². The molecule has 0 radical (unpaired) electrons. The number of benzene rings is 12. The lowest BCUT2D eigenvalue weighted by molar-refractivity contribution is -0.138. The lowest BCUT2D eigenvalue weighted by Gasteiger charge is -2.27. The number of nitrogens with zero attached hydrogens (tertiary/aromatic N) is 3. The molecular weight excluding hydrogens is 1110 g/mol. The van der Waals surface area contributed by atoms with Crippen molar-refractivity contribution < 1.29 is 39.5 Å². The summed E-state index contributed by atoms with van der Waals surface area (Å²) < 4.78 is 124. The maximum Gasteiger partial charge on any atom is 0.416 e. The molecule has 3 nitrogen and oxygen atoms in total. The average Bonchev–Trinajstić information content (AvgIpc) is 1.57. The Morgan fingerprint density at radius 2 is 0.333 bits per heavy atom. The van der Waals surface area contributed by atoms with Gasteiger partial charge in [-0.05, 0) is 201 Å². The minimum Gasteiger partial charge on any atom is -0.311 e. The number of alkyl halides is 9. The average molecular weight is 1160 g/mol. The molecule has 12 heteroatoms. The minimum absolute atomic E-state index is 0.503. The molecule has 0 saturated carbocycles. The molecule has 0 aliphatic carbocycles. The van der Waals surface area contributed by atoms with E-state index < -0.39 is 35.2 Å². The SMILES string of the molecule is FC(F)(F)c1ccc(N(c2ccccc2)c2ccc(-c3ccccc3-c3ccc(N(c4ccc(-c5ccccc5-c5ccc(N(c6ccc(-c7ccccc7)cc6)c6ccc(C(F)(F)F)cc6)cc5)cc4)c4ccc(C(F)(F)F)cc4)cc3)cc2)cc1. The largest absolute Gasteiger partial charge is 0.416 e. The minimum atomic E-state index is -4.54. The summed E-state index contributed by atoms with van der Waals surface area (Å²) in [5.74, 6) is 0. The fourth-order valence-electron chi connectivity index (χ4n) is 10.9. The van der Waals surface area contributed by atoms with E-state index in [1.54, 1.807) is 0 Å². The Morgan fingerprint density at radius 3 is 0.563 bits per heavy atom. The van der Waals surface area contributed by atoms with E-state index in [-0.39, 0.29) is 0 Å². The van der Waals surface area contributed by atoms with Gasteiger partial charge in [0.2, 0.25) is 0 Å². The first-order valence-electron chi connectivity index (χ1n) is 27.8. The topological polar surface area (TPSA) is 9.72 Å². The summed E-state index contributed by atoms with van der Waals surface area (Å²) in [6.07, 6.45) is -13.5. The normalized spacial score (nSPS) is 11.7. The Hall–Kier alpha value is -10.6. The van der Waals surface area contributed by atoms with Crippen LogP contribution in [-0.4, -0.2) is 0 Å². The monoisotopic (exact) mass is 1160 g/mol. The highest BCUT2D eigenvalue weighted by Crippen LogP contribution is 2.45. The molecule has 0 N–H and O–H groups in total. The van der Waals surface area contributed by atoms with Gasteiger partial charge in [0.05, 0.1) is 16.7 Å². The Morgan fingerprint density at radius 1 is 0.161 bits per heavy atom. The van der Waals surface area contributed by atoms with Gasteiger partial charge in [0, 0.05) is 51.2 Å². The Bertz CT molecular complexity index is 4270. The molecule has 12 aromatic rings. The summed E-state index contributed by atoms with van der Waals surface area (Å²) in [5, 5.41) is 0. The molecule has 0 aliphatic rings. The van der Waals surface area contributed by atoms with Crippen LogP contribution in [-0.2, 0) is 18.5 Å². The van der Waals surface area contributed by atoms with Gasteiger partial charge in [0.25, 0.3) is 0 Å². The van der Waals surface area contributed by atoms with E-state index in [0.717, 1.165) is 115 Å². The molecule has 0 unspecified atom stereocenters. The zero-order valence-electron chi connectivity index (χ0n) is 46.1. The second-order valence-corrected chi connectivity index (χ2v) is 20.7. The van der Waals surface area contributed by atoms with E-state index in [1.807, 2.05) is 245 Å². The standard InChI is InChI=1S/C75H50F9N3/c76-73(77,78)57-29-45-66(46-30-57)85(60-13-5-2-6-14-60)62-37-21-53(22-38-62)69-15-7-8-16-70(69)55-25-41-64(42-26-55)87(68-49-33-59(34-50-68)75(82,83)84)65-43-27-56(28-44-65)72-18-10-9-17-71(72)54-23-39-63(40-24-54)86(67-47-31-58(32-48-67)74(79,80)81)61-35-19-52(20-36-61)51-11-3-1-4-12-51/h1-50H. The second kappa shape index (κ2) is 23.8. The van der Waals surface area contributed by atoms with E-state index >= 15 is 0 Å². The van der Waals surface area contributed by atoms with Crippen LogP contribution in [0.4, 0.5) is 90.7 Å². The van der Waals surface area contributed by atoms with E-state index in [2.05, 4.69) is 0 Å². The van der Waals surface area contributed by atoms with Crippen LogP contribution in [0.25, 0.3) is 55.6 Å². The van der Waals surface area contributed by atoms with E-state index in [9.17, 15) is 39.5 Å². The van der Waals surface area contributed by atoms with Crippen LogP contribution in [0.1, 0.15) is 16.7 Å². The van der Waals surface area contributed by atoms with Crippen LogP contribution < -0.4 is 14.7 Å². The molecule has 428 valence electrons. The van der Waals surface area contributed by atoms with Crippen LogP contribution in [0.5, 0.6) is 0 Å². The van der Waals surface area contributed by atoms with E-state index in [4.69, 9.17) is 0 Å². The van der Waals surface area contributed by atoms with Crippen molar-refractivity contribution in [3.05, 3.63) is 320 Å². The fourth-order valence-corrected chi connectivity index (χ4v) is 10.9. The lowest BCUT2D eigenvalue weighted by atomic mass is 9.94. The summed E-state index contributed by atoms with van der Waals surface area (Å²) in [5.41, 5.74) is 13.0. The molecule has 0 aromatic heterocycles. The zero-order chi connectivity index (χ0) is 60.3. The number of hydrogen-bond acceptors (Lipinski definition) is 3. The van der Waals surface area contributed by atoms with Gasteiger partial charge in [-0.15, -0.1) is 0 Å². The predicted octanol–water partition coefficient (Wildman–Crippen LogP) is 23.5. The molecule has 0 fully saturated rings. The Balaban J connectivity index is 0.836. The third kappa shape index (κ3) is 12.3. The number of anilines is 9. The van der Waals surface area contributed by atoms with Crippen LogP contribution in [0, 0.1) is 0 Å². The molecule has 0 heterocycles. The highest BCUT2D eigenvalue weighted by molar-refractivity contribution is 5.89. The van der Waals surface area contributed by atoms with E-state index in [0.29, 0.717) is 28.4 Å². The fraction of sp³-hybridized carbons (Fsp3) is 0.0400. The van der Waals surface area contributed by atoms with Crippen LogP contribution >= 0.6 is 0 Å². The molecule has 0 spiro atoms. The van der Waals surface area contributed by atoms with Gasteiger partial charge in [-0.2, -0.15) is 39.5 Å². The van der Waals surface area contributed by atoms with Crippen LogP contribution in [0.3, 0.4) is 0 Å². The highest BCUT2D eigenvalue weighted by Gasteiger charge is 2.33. The van der Waals surface area contributed by atoms with Gasteiger partial charge in [-0.1, -0.05) is 158 Å². The van der Waals surface area contributed by atoms with Crippen molar-refractivity contribution in [1.82, 2.24) is 0 Å². The molecule has 12 aromatic carbocycles. The summed E-state index contributed by atoms with van der Waals surface area (Å²) >= 11 is 0. The third-order valence-corrected chi connectivity index (χ3v) is 15.2. The predicted molar refractivity (Wildman–Crippen MR) is 333 cm³/mol. The summed E-state index contributed by atoms with van der Waals surface area (Å²) in [6, 6.07) is 89.5. The maximum atomic E-state index is 14.0. The van der Waals surface area contributed by atoms with Crippen molar-refractivity contribution in [1.29, 1.82) is 0 Å². The molecule has 12 rings (SSSR count). The van der Waals surface area contributed by atoms with Crippen molar-refractivity contribution in [2.24, 2.45) is 0 Å². The molecule has 87 heavy (non-hydrogen) atoms. The van der Waals surface area contributed by atoms with Crippen LogP contribution in [0.2, 0.25) is 0 Å². The molecular formula is C75H50F9N3. The first-order valence-corrected chi connectivity index (χ1v) is 27.8. The van der Waals surface area contributed by atoms with Crippen LogP contribution in [0.15, 0.2) is 303 Å². The molecule has 0 bridgehead atoms. The van der Waals surface area contributed by atoms with Gasteiger partial charge in [-0.3, -0.25) is 0 Å². The van der Waals surface area contributed by atoms with Gasteiger partial charge in [0.15, 0.2) is 0 Å². The van der Waals surface area contributed by atoms with Crippen molar-refractivity contribution in [3.63, 3.8) is 0 Å². The number of para-hydroxylation sites is 1. The first-order chi connectivity index (χ1) is 42.0. The summed E-state index contributed by atoms with van der Waals surface area (Å²) in [6.45, 7) is 0. The number of hydrogen-bond donors (Lipinski definition) is 0. The molecule has 0 atom stereocenters. The third-order valence-electron chi connectivity index (χ3n) is 15.2. The lowest BCUT2D eigenvalue weighted by Crippen LogP contribution is -2.11. The van der Waals surface area contributed by atoms with Gasteiger partial charge < -0.3 is 14.7 Å².